The molecule has 178 valence electrons. The number of likely N-dealkylation sites (N-methyl/N-ethyl adjacent to an activating group) is 2. The van der Waals surface area contributed by atoms with Gasteiger partial charge in [0.15, 0.2) is 17.5 Å². The van der Waals surface area contributed by atoms with Crippen molar-refractivity contribution in [2.75, 3.05) is 89.6 Å². The Morgan fingerprint density at radius 3 is 2.31 bits per heavy atom. The minimum Gasteiger partial charge on any atom is -0.393 e. The summed E-state index contributed by atoms with van der Waals surface area (Å²) in [5.41, 5.74) is 8.05. The highest BCUT2D eigenvalue weighted by Crippen LogP contribution is 2.30. The molecule has 1 aromatic carbocycles. The van der Waals surface area contributed by atoms with Crippen LogP contribution in [0.2, 0.25) is 0 Å². The minimum absolute atomic E-state index is 0.591. The number of nitrogens with two attached hydrogens (primary N) is 1. The molecule has 1 aromatic heterocycles. The van der Waals surface area contributed by atoms with E-state index in [4.69, 9.17) is 20.4 Å². The summed E-state index contributed by atoms with van der Waals surface area (Å²) in [6.45, 7) is 11.2. The molecule has 0 radical (unpaired) electrons. The predicted molar refractivity (Wildman–Crippen MR) is 135 cm³/mol. The number of rotatable bonds is 9. The van der Waals surface area contributed by atoms with E-state index in [2.05, 4.69) is 48.0 Å². The van der Waals surface area contributed by atoms with Crippen LogP contribution in [-0.2, 0) is 4.74 Å². The van der Waals surface area contributed by atoms with E-state index in [1.54, 1.807) is 0 Å². The summed E-state index contributed by atoms with van der Waals surface area (Å²) < 4.78 is 5.42. The highest BCUT2D eigenvalue weighted by atomic mass is 16.5. The average Bonchev–Trinajstić information content (AvgIpc) is 2.80. The van der Waals surface area contributed by atoms with Crippen molar-refractivity contribution >= 4 is 17.3 Å². The lowest BCUT2D eigenvalue weighted by Crippen LogP contribution is -2.39. The lowest BCUT2D eigenvalue weighted by atomic mass is 10.2. The number of ether oxygens (including phenoxy) is 1. The highest BCUT2D eigenvalue weighted by Gasteiger charge is 2.17. The molecule has 32 heavy (non-hydrogen) atoms. The Hall–Kier alpha value is -2.42. The molecule has 3 N–H and O–H groups in total. The number of nitrogen functional groups attached to an aromatic ring is 1. The van der Waals surface area contributed by atoms with Gasteiger partial charge in [0, 0.05) is 51.9 Å². The molecule has 0 unspecified atom stereocenters. The quantitative estimate of drug-likeness (QED) is 0.612. The van der Waals surface area contributed by atoms with E-state index in [1.807, 2.05) is 37.4 Å². The molecule has 8 nitrogen and oxygen atoms in total. The molecular weight excluding hydrogens is 402 g/mol. The van der Waals surface area contributed by atoms with Crippen molar-refractivity contribution in [3.05, 3.63) is 30.3 Å². The van der Waals surface area contributed by atoms with Crippen LogP contribution >= 0.6 is 0 Å². The smallest absolute Gasteiger partial charge is 0.164 e. The Bertz CT molecular complexity index is 779. The van der Waals surface area contributed by atoms with E-state index in [1.165, 1.54) is 6.42 Å². The van der Waals surface area contributed by atoms with Crippen molar-refractivity contribution in [3.63, 3.8) is 0 Å². The van der Waals surface area contributed by atoms with Crippen LogP contribution in [-0.4, -0.2) is 93.4 Å². The van der Waals surface area contributed by atoms with Crippen LogP contribution in [0.4, 0.5) is 17.3 Å². The topological polar surface area (TPSA) is 82.8 Å². The van der Waals surface area contributed by atoms with Gasteiger partial charge >= 0.3 is 0 Å². The van der Waals surface area contributed by atoms with Crippen LogP contribution in [0.5, 0.6) is 0 Å². The fourth-order valence-electron chi connectivity index (χ4n) is 3.21. The van der Waals surface area contributed by atoms with E-state index in [-0.39, 0.29) is 0 Å². The van der Waals surface area contributed by atoms with Crippen LogP contribution in [0.15, 0.2) is 30.3 Å². The van der Waals surface area contributed by atoms with Gasteiger partial charge in [-0.25, -0.2) is 9.97 Å². The van der Waals surface area contributed by atoms with Crippen LogP contribution in [0, 0.1) is 0 Å². The molecule has 0 saturated carbocycles. The molecule has 1 aliphatic rings. The molecule has 8 heteroatoms. The molecule has 0 bridgehead atoms. The van der Waals surface area contributed by atoms with Crippen LogP contribution in [0.1, 0.15) is 20.3 Å². The molecule has 2 aromatic rings. The van der Waals surface area contributed by atoms with Gasteiger partial charge in [-0.05, 0) is 14.1 Å². The van der Waals surface area contributed by atoms with Gasteiger partial charge in [-0.2, -0.15) is 0 Å². The second kappa shape index (κ2) is 13.9. The maximum Gasteiger partial charge on any atom is 0.164 e. The Morgan fingerprint density at radius 1 is 1.03 bits per heavy atom. The number of anilines is 3. The Balaban J connectivity index is 0.00000114. The monoisotopic (exact) mass is 443 g/mol. The minimum atomic E-state index is 0.591. The fourth-order valence-corrected chi connectivity index (χ4v) is 3.21. The third kappa shape index (κ3) is 8.26. The predicted octanol–water partition coefficient (Wildman–Crippen LogP) is 2.88. The molecular formula is C24H41N7O. The number of nitrogens with one attached hydrogen (secondary N) is 1. The van der Waals surface area contributed by atoms with E-state index < -0.39 is 0 Å². The van der Waals surface area contributed by atoms with Crippen molar-refractivity contribution in [1.82, 2.24) is 19.8 Å². The first kappa shape index (κ1) is 25.8. The summed E-state index contributed by atoms with van der Waals surface area (Å²) in [7, 11) is 6.14. The fraction of sp³-hybridized carbons (Fsp3) is 0.583. The van der Waals surface area contributed by atoms with Gasteiger partial charge in [-0.15, -0.1) is 0 Å². The van der Waals surface area contributed by atoms with Crippen LogP contribution < -0.4 is 16.0 Å². The molecule has 1 fully saturated rings. The molecule has 2 heterocycles. The van der Waals surface area contributed by atoms with Gasteiger partial charge in [0.05, 0.1) is 13.2 Å². The van der Waals surface area contributed by atoms with Crippen molar-refractivity contribution in [2.24, 2.45) is 0 Å². The second-order valence-electron chi connectivity index (χ2n) is 8.31. The van der Waals surface area contributed by atoms with Gasteiger partial charge in [-0.3, -0.25) is 4.90 Å². The molecule has 0 atom stereocenters. The number of hydrogen-bond acceptors (Lipinski definition) is 8. The van der Waals surface area contributed by atoms with Crippen molar-refractivity contribution < 1.29 is 4.74 Å². The van der Waals surface area contributed by atoms with Crippen molar-refractivity contribution in [1.29, 1.82) is 0 Å². The van der Waals surface area contributed by atoms with Gasteiger partial charge in [0.2, 0.25) is 0 Å². The maximum atomic E-state index is 6.48. The maximum absolute atomic E-state index is 6.48. The molecule has 0 spiro atoms. The summed E-state index contributed by atoms with van der Waals surface area (Å²) in [6, 6.07) is 10.0. The van der Waals surface area contributed by atoms with E-state index in [0.29, 0.717) is 17.3 Å². The lowest BCUT2D eigenvalue weighted by Gasteiger charge is -2.27. The Kier molecular flexibility index (Phi) is 11.2. The Morgan fingerprint density at radius 2 is 1.69 bits per heavy atom. The van der Waals surface area contributed by atoms with Gasteiger partial charge < -0.3 is 25.6 Å². The van der Waals surface area contributed by atoms with Gasteiger partial charge in [0.25, 0.3) is 0 Å². The average molecular weight is 444 g/mol. The largest absolute Gasteiger partial charge is 0.393 e. The zero-order valence-corrected chi connectivity index (χ0v) is 20.5. The zero-order valence-electron chi connectivity index (χ0n) is 20.5. The standard InChI is InChI=1S/C21H33N7O.C3H8/c1-26(2)11-12-27(3)21-18(22)20(23-9-10-28-13-15-29-16-14-28)24-19(25-21)17-7-5-4-6-8-17;1-3-2/h4-8H,9-16,22H2,1-3H3,(H,23,24,25);3H2,1-2H3. The van der Waals surface area contributed by atoms with Crippen LogP contribution in [0.25, 0.3) is 11.4 Å². The third-order valence-corrected chi connectivity index (χ3v) is 5.03. The van der Waals surface area contributed by atoms with E-state index >= 15 is 0 Å². The molecule has 1 saturated heterocycles. The second-order valence-corrected chi connectivity index (χ2v) is 8.31. The molecule has 3 rings (SSSR count). The SMILES string of the molecule is CCC.CN(C)CCN(C)c1nc(-c2ccccc2)nc(NCCN2CCOCC2)c1N. The number of aromatic nitrogens is 2. The lowest BCUT2D eigenvalue weighted by molar-refractivity contribution is 0.0398. The van der Waals surface area contributed by atoms with Crippen molar-refractivity contribution in [2.45, 2.75) is 20.3 Å². The Labute approximate surface area is 193 Å². The van der Waals surface area contributed by atoms with Crippen LogP contribution in [0.3, 0.4) is 0 Å². The van der Waals surface area contributed by atoms with E-state index in [9.17, 15) is 0 Å². The normalized spacial score (nSPS) is 14.1. The molecule has 0 aliphatic carbocycles. The highest BCUT2D eigenvalue weighted by molar-refractivity contribution is 5.78. The summed E-state index contributed by atoms with van der Waals surface area (Å²) in [6.07, 6.45) is 1.25. The molecule has 0 amide bonds. The van der Waals surface area contributed by atoms with Gasteiger partial charge in [0.1, 0.15) is 5.69 Å². The first-order valence-electron chi connectivity index (χ1n) is 11.6. The number of morpholine rings is 1. The molecule has 1 aliphatic heterocycles. The number of hydrogen-bond donors (Lipinski definition) is 2. The van der Waals surface area contributed by atoms with Gasteiger partial charge in [-0.1, -0.05) is 50.6 Å². The van der Waals surface area contributed by atoms with E-state index in [0.717, 1.165) is 63.9 Å². The third-order valence-electron chi connectivity index (χ3n) is 5.03. The first-order chi connectivity index (χ1) is 15.5. The number of nitrogens with zero attached hydrogens (tertiary/aromatic N) is 5. The summed E-state index contributed by atoms with van der Waals surface area (Å²) >= 11 is 0. The zero-order chi connectivity index (χ0) is 23.3. The summed E-state index contributed by atoms with van der Waals surface area (Å²) in [5.74, 6) is 2.13. The summed E-state index contributed by atoms with van der Waals surface area (Å²) in [4.78, 5) is 16.1. The first-order valence-corrected chi connectivity index (χ1v) is 11.6. The summed E-state index contributed by atoms with van der Waals surface area (Å²) in [5, 5.41) is 3.43. The van der Waals surface area contributed by atoms with Crippen molar-refractivity contribution in [3.8, 4) is 11.4 Å². The number of benzene rings is 1.